The van der Waals surface area contributed by atoms with Gasteiger partial charge in [-0.1, -0.05) is 6.07 Å². The van der Waals surface area contributed by atoms with Crippen molar-refractivity contribution in [2.75, 3.05) is 16.4 Å². The summed E-state index contributed by atoms with van der Waals surface area (Å²) in [6.07, 6.45) is -4.51. The lowest BCUT2D eigenvalue weighted by Crippen LogP contribution is -2.20. The topological polar surface area (TPSA) is 67.1 Å². The molecule has 0 atom stereocenters. The first-order chi connectivity index (χ1) is 10.2. The molecule has 0 unspecified atom stereocenters. The maximum absolute atomic E-state index is 13.1. The molecule has 0 saturated heterocycles. The van der Waals surface area contributed by atoms with Gasteiger partial charge in [0, 0.05) is 17.1 Å². The second kappa shape index (κ2) is 5.92. The van der Waals surface area contributed by atoms with E-state index < -0.39 is 23.6 Å². The van der Waals surface area contributed by atoms with Gasteiger partial charge in [-0.2, -0.15) is 13.2 Å². The van der Waals surface area contributed by atoms with Crippen LogP contribution in [0.5, 0.6) is 0 Å². The number of halogens is 4. The first-order valence-corrected chi connectivity index (χ1v) is 6.05. The van der Waals surface area contributed by atoms with Crippen LogP contribution in [0.15, 0.2) is 42.5 Å². The number of amides is 2. The summed E-state index contributed by atoms with van der Waals surface area (Å²) in [6, 6.07) is 6.74. The number of nitrogens with two attached hydrogens (primary N) is 1. The molecule has 0 saturated carbocycles. The third kappa shape index (κ3) is 4.11. The second-order valence-electron chi connectivity index (χ2n) is 4.43. The molecule has 22 heavy (non-hydrogen) atoms. The lowest BCUT2D eigenvalue weighted by molar-refractivity contribution is -0.137. The summed E-state index contributed by atoms with van der Waals surface area (Å²) in [5.41, 5.74) is 4.68. The number of carbonyl (C=O) groups excluding carboxylic acids is 1. The number of nitrogens with one attached hydrogen (secondary N) is 2. The number of benzene rings is 2. The van der Waals surface area contributed by atoms with Crippen molar-refractivity contribution >= 4 is 23.1 Å². The van der Waals surface area contributed by atoms with Gasteiger partial charge in [-0.15, -0.1) is 0 Å². The highest BCUT2D eigenvalue weighted by Crippen LogP contribution is 2.30. The molecule has 0 bridgehead atoms. The minimum absolute atomic E-state index is 0.0447. The average Bonchev–Trinajstić information content (AvgIpc) is 2.36. The minimum atomic E-state index is -4.51. The zero-order valence-electron chi connectivity index (χ0n) is 11.0. The average molecular weight is 313 g/mol. The molecule has 0 fully saturated rings. The third-order valence-electron chi connectivity index (χ3n) is 2.63. The highest BCUT2D eigenvalue weighted by Gasteiger charge is 2.30. The number of nitrogen functional groups attached to an aromatic ring is 1. The van der Waals surface area contributed by atoms with E-state index in [1.54, 1.807) is 0 Å². The maximum Gasteiger partial charge on any atom is 0.416 e. The Morgan fingerprint density at radius 2 is 1.68 bits per heavy atom. The summed E-state index contributed by atoms with van der Waals surface area (Å²) in [5.74, 6) is -0.644. The van der Waals surface area contributed by atoms with Crippen LogP contribution in [0.1, 0.15) is 5.56 Å². The van der Waals surface area contributed by atoms with Crippen molar-refractivity contribution in [1.29, 1.82) is 0 Å². The molecule has 4 N–H and O–H groups in total. The fourth-order valence-corrected chi connectivity index (χ4v) is 1.75. The van der Waals surface area contributed by atoms with Crippen LogP contribution >= 0.6 is 0 Å². The largest absolute Gasteiger partial charge is 0.416 e. The van der Waals surface area contributed by atoms with E-state index in [4.69, 9.17) is 5.73 Å². The zero-order valence-corrected chi connectivity index (χ0v) is 11.0. The smallest absolute Gasteiger partial charge is 0.399 e. The summed E-state index contributed by atoms with van der Waals surface area (Å²) in [5, 5.41) is 4.51. The summed E-state index contributed by atoms with van der Waals surface area (Å²) < 4.78 is 50.8. The van der Waals surface area contributed by atoms with Crippen LogP contribution in [0, 0.1) is 5.82 Å². The quantitative estimate of drug-likeness (QED) is 0.578. The molecular formula is C14H11F4N3O. The van der Waals surface area contributed by atoms with Gasteiger partial charge < -0.3 is 16.4 Å². The molecule has 2 aromatic rings. The van der Waals surface area contributed by atoms with Gasteiger partial charge >= 0.3 is 12.2 Å². The van der Waals surface area contributed by atoms with Crippen LogP contribution in [0.25, 0.3) is 0 Å². The summed E-state index contributed by atoms with van der Waals surface area (Å²) in [7, 11) is 0. The van der Waals surface area contributed by atoms with Crippen molar-refractivity contribution in [3.05, 3.63) is 53.8 Å². The van der Waals surface area contributed by atoms with Crippen LogP contribution in [-0.2, 0) is 6.18 Å². The monoisotopic (exact) mass is 313 g/mol. The SMILES string of the molecule is Nc1cc(F)cc(NC(=O)Nc2cccc(C(F)(F)F)c2)c1. The minimum Gasteiger partial charge on any atom is -0.399 e. The van der Waals surface area contributed by atoms with Crippen LogP contribution in [0.3, 0.4) is 0 Å². The normalized spacial score (nSPS) is 11.1. The molecule has 116 valence electrons. The van der Waals surface area contributed by atoms with Crippen molar-refractivity contribution in [2.45, 2.75) is 6.18 Å². The van der Waals surface area contributed by atoms with Crippen molar-refractivity contribution in [3.8, 4) is 0 Å². The van der Waals surface area contributed by atoms with Gasteiger partial charge in [0.25, 0.3) is 0 Å². The van der Waals surface area contributed by atoms with Gasteiger partial charge in [0.05, 0.1) is 5.56 Å². The van der Waals surface area contributed by atoms with Crippen molar-refractivity contribution < 1.29 is 22.4 Å². The van der Waals surface area contributed by atoms with Crippen molar-refractivity contribution in [3.63, 3.8) is 0 Å². The van der Waals surface area contributed by atoms with Crippen LogP contribution in [-0.4, -0.2) is 6.03 Å². The molecule has 0 radical (unpaired) electrons. The first kappa shape index (κ1) is 15.6. The molecule has 0 spiro atoms. The van der Waals surface area contributed by atoms with Gasteiger partial charge in [-0.05, 0) is 36.4 Å². The van der Waals surface area contributed by atoms with Gasteiger partial charge in [-0.25, -0.2) is 9.18 Å². The number of rotatable bonds is 2. The van der Waals surface area contributed by atoms with Gasteiger partial charge in [0.1, 0.15) is 5.82 Å². The number of urea groups is 1. The molecular weight excluding hydrogens is 302 g/mol. The van der Waals surface area contributed by atoms with E-state index >= 15 is 0 Å². The molecule has 0 aliphatic heterocycles. The Hall–Kier alpha value is -2.77. The number of anilines is 3. The summed E-state index contributed by atoms with van der Waals surface area (Å²) in [6.45, 7) is 0. The summed E-state index contributed by atoms with van der Waals surface area (Å²) in [4.78, 5) is 11.7. The Morgan fingerprint density at radius 1 is 1.00 bits per heavy atom. The zero-order chi connectivity index (χ0) is 16.3. The molecule has 2 amide bonds. The van der Waals surface area contributed by atoms with Gasteiger partial charge in [0.2, 0.25) is 0 Å². The second-order valence-corrected chi connectivity index (χ2v) is 4.43. The molecule has 0 aliphatic carbocycles. The Kier molecular flexibility index (Phi) is 4.20. The Balaban J connectivity index is 2.09. The first-order valence-electron chi connectivity index (χ1n) is 6.05. The van der Waals surface area contributed by atoms with E-state index in [-0.39, 0.29) is 17.1 Å². The highest BCUT2D eigenvalue weighted by molar-refractivity contribution is 6.00. The van der Waals surface area contributed by atoms with E-state index in [1.165, 1.54) is 18.2 Å². The van der Waals surface area contributed by atoms with E-state index in [0.29, 0.717) is 0 Å². The highest BCUT2D eigenvalue weighted by atomic mass is 19.4. The van der Waals surface area contributed by atoms with Crippen LogP contribution in [0.4, 0.5) is 39.4 Å². The molecule has 2 aromatic carbocycles. The van der Waals surface area contributed by atoms with Crippen LogP contribution < -0.4 is 16.4 Å². The molecule has 4 nitrogen and oxygen atoms in total. The van der Waals surface area contributed by atoms with E-state index in [2.05, 4.69) is 10.6 Å². The summed E-state index contributed by atoms with van der Waals surface area (Å²) >= 11 is 0. The standard InChI is InChI=1S/C14H11F4N3O/c15-9-5-10(19)7-12(6-9)21-13(22)20-11-3-1-2-8(4-11)14(16,17)18/h1-7H,19H2,(H2,20,21,22). The lowest BCUT2D eigenvalue weighted by atomic mass is 10.2. The molecule has 0 heterocycles. The fraction of sp³-hybridized carbons (Fsp3) is 0.0714. The van der Waals surface area contributed by atoms with Crippen molar-refractivity contribution in [2.24, 2.45) is 0 Å². The number of carbonyl (C=O) groups is 1. The molecule has 0 aliphatic rings. The van der Waals surface area contributed by atoms with Crippen LogP contribution in [0.2, 0.25) is 0 Å². The predicted octanol–water partition coefficient (Wildman–Crippen LogP) is 4.07. The van der Waals surface area contributed by atoms with Crippen molar-refractivity contribution in [1.82, 2.24) is 0 Å². The number of hydrogen-bond acceptors (Lipinski definition) is 2. The lowest BCUT2D eigenvalue weighted by Gasteiger charge is -2.11. The van der Waals surface area contributed by atoms with Gasteiger partial charge in [-0.3, -0.25) is 0 Å². The van der Waals surface area contributed by atoms with E-state index in [0.717, 1.165) is 24.3 Å². The van der Waals surface area contributed by atoms with E-state index in [9.17, 15) is 22.4 Å². The third-order valence-corrected chi connectivity index (χ3v) is 2.63. The Bertz CT molecular complexity index is 680. The number of hydrogen-bond donors (Lipinski definition) is 3. The fourth-order valence-electron chi connectivity index (χ4n) is 1.75. The predicted molar refractivity (Wildman–Crippen MR) is 74.9 cm³/mol. The Morgan fingerprint density at radius 3 is 2.32 bits per heavy atom. The molecule has 2 rings (SSSR count). The number of alkyl halides is 3. The van der Waals surface area contributed by atoms with Gasteiger partial charge in [0.15, 0.2) is 0 Å². The Labute approximate surface area is 122 Å². The molecule has 0 aromatic heterocycles. The van der Waals surface area contributed by atoms with E-state index in [1.807, 2.05) is 0 Å². The molecule has 8 heteroatoms. The maximum atomic E-state index is 13.1.